The zero-order valence-corrected chi connectivity index (χ0v) is 12.9. The third-order valence-corrected chi connectivity index (χ3v) is 5.89. The zero-order chi connectivity index (χ0) is 15.7. The molecule has 2 aliphatic heterocycles. The molecule has 0 bridgehead atoms. The van der Waals surface area contributed by atoms with Gasteiger partial charge in [-0.2, -0.15) is 0 Å². The van der Waals surface area contributed by atoms with Crippen molar-refractivity contribution in [2.45, 2.75) is 19.3 Å². The number of carbonyl (C=O) groups is 2. The Kier molecular flexibility index (Phi) is 3.90. The summed E-state index contributed by atoms with van der Waals surface area (Å²) in [7, 11) is -3.06. The Balaban J connectivity index is 1.64. The Morgan fingerprint density at radius 2 is 1.95 bits per heavy atom. The fourth-order valence-corrected chi connectivity index (χ4v) is 4.63. The lowest BCUT2D eigenvalue weighted by atomic mass is 10.1. The number of sulfone groups is 1. The Morgan fingerprint density at radius 1 is 1.23 bits per heavy atom. The summed E-state index contributed by atoms with van der Waals surface area (Å²) < 4.78 is 22.8. The van der Waals surface area contributed by atoms with Gasteiger partial charge in [-0.1, -0.05) is 0 Å². The van der Waals surface area contributed by atoms with Crippen molar-refractivity contribution in [3.8, 4) is 0 Å². The molecule has 22 heavy (non-hydrogen) atoms. The number of nitrogens with zero attached hydrogens (tertiary/aromatic N) is 1. The predicted octanol–water partition coefficient (Wildman–Crippen LogP) is 1.19. The lowest BCUT2D eigenvalue weighted by Gasteiger charge is -2.16. The summed E-state index contributed by atoms with van der Waals surface area (Å²) in [4.78, 5) is 25.5. The normalized spacial score (nSPS) is 23.7. The molecule has 2 amide bonds. The highest BCUT2D eigenvalue weighted by molar-refractivity contribution is 7.91. The largest absolute Gasteiger partial charge is 0.326 e. The minimum atomic E-state index is -3.06. The fraction of sp³-hybridized carbons (Fsp3) is 0.467. The molecule has 0 spiro atoms. The molecule has 3 rings (SSSR count). The fourth-order valence-electron chi connectivity index (χ4n) is 2.89. The van der Waals surface area contributed by atoms with Gasteiger partial charge in [0.15, 0.2) is 9.84 Å². The van der Waals surface area contributed by atoms with E-state index in [0.717, 1.165) is 18.7 Å². The number of benzene rings is 1. The standard InChI is InChI=1S/C15H18N2O4S/c18-14-2-1-8-17(14)13-5-3-12(4-6-13)16-15(19)11-7-9-22(20,21)10-11/h3-6,11H,1-2,7-10H2,(H,16,19)/t11-/m1/s1. The van der Waals surface area contributed by atoms with Crippen molar-refractivity contribution in [2.24, 2.45) is 5.92 Å². The van der Waals surface area contributed by atoms with E-state index in [1.54, 1.807) is 29.2 Å². The summed E-state index contributed by atoms with van der Waals surface area (Å²) in [6.07, 6.45) is 1.83. The van der Waals surface area contributed by atoms with Crippen LogP contribution in [0.5, 0.6) is 0 Å². The number of hydrogen-bond acceptors (Lipinski definition) is 4. The molecule has 0 radical (unpaired) electrons. The van der Waals surface area contributed by atoms with Gasteiger partial charge < -0.3 is 10.2 Å². The summed E-state index contributed by atoms with van der Waals surface area (Å²) in [5, 5.41) is 2.74. The van der Waals surface area contributed by atoms with E-state index in [2.05, 4.69) is 5.32 Å². The van der Waals surface area contributed by atoms with Crippen LogP contribution in [-0.4, -0.2) is 38.3 Å². The molecule has 1 aromatic carbocycles. The predicted molar refractivity (Wildman–Crippen MR) is 83.4 cm³/mol. The van der Waals surface area contributed by atoms with Gasteiger partial charge in [0.25, 0.3) is 0 Å². The van der Waals surface area contributed by atoms with Crippen LogP contribution in [0.25, 0.3) is 0 Å². The molecule has 1 N–H and O–H groups in total. The Bertz CT molecular complexity index is 697. The van der Waals surface area contributed by atoms with E-state index in [-0.39, 0.29) is 23.3 Å². The van der Waals surface area contributed by atoms with E-state index in [4.69, 9.17) is 0 Å². The molecular weight excluding hydrogens is 304 g/mol. The zero-order valence-electron chi connectivity index (χ0n) is 12.1. The Labute approximate surface area is 129 Å². The summed E-state index contributed by atoms with van der Waals surface area (Å²) in [5.74, 6) is -0.593. The van der Waals surface area contributed by atoms with Crippen molar-refractivity contribution in [1.29, 1.82) is 0 Å². The first-order valence-electron chi connectivity index (χ1n) is 7.36. The highest BCUT2D eigenvalue weighted by atomic mass is 32.2. The topological polar surface area (TPSA) is 83.6 Å². The van der Waals surface area contributed by atoms with Crippen LogP contribution in [-0.2, 0) is 19.4 Å². The van der Waals surface area contributed by atoms with Crippen molar-refractivity contribution < 1.29 is 18.0 Å². The molecule has 2 aliphatic rings. The molecule has 6 nitrogen and oxygen atoms in total. The number of carbonyl (C=O) groups excluding carboxylic acids is 2. The molecule has 2 fully saturated rings. The van der Waals surface area contributed by atoms with Crippen molar-refractivity contribution >= 4 is 33.0 Å². The van der Waals surface area contributed by atoms with Gasteiger partial charge in [0.2, 0.25) is 11.8 Å². The first kappa shape index (κ1) is 15.0. The molecular formula is C15H18N2O4S. The van der Waals surface area contributed by atoms with E-state index in [1.807, 2.05) is 0 Å². The van der Waals surface area contributed by atoms with Gasteiger partial charge in [0.05, 0.1) is 17.4 Å². The van der Waals surface area contributed by atoms with Crippen LogP contribution >= 0.6 is 0 Å². The van der Waals surface area contributed by atoms with Crippen LogP contribution in [0.1, 0.15) is 19.3 Å². The van der Waals surface area contributed by atoms with Crippen molar-refractivity contribution in [2.75, 3.05) is 28.3 Å². The van der Waals surface area contributed by atoms with Gasteiger partial charge in [-0.25, -0.2) is 8.42 Å². The monoisotopic (exact) mass is 322 g/mol. The minimum Gasteiger partial charge on any atom is -0.326 e. The van der Waals surface area contributed by atoms with Crippen molar-refractivity contribution in [3.63, 3.8) is 0 Å². The maximum Gasteiger partial charge on any atom is 0.228 e. The van der Waals surface area contributed by atoms with Gasteiger partial charge in [-0.3, -0.25) is 9.59 Å². The summed E-state index contributed by atoms with van der Waals surface area (Å²) in [6, 6.07) is 7.07. The molecule has 2 saturated heterocycles. The lowest BCUT2D eigenvalue weighted by Crippen LogP contribution is -2.24. The van der Waals surface area contributed by atoms with Gasteiger partial charge in [0, 0.05) is 24.3 Å². The van der Waals surface area contributed by atoms with Crippen LogP contribution in [0.15, 0.2) is 24.3 Å². The second-order valence-electron chi connectivity index (χ2n) is 5.79. The average molecular weight is 322 g/mol. The van der Waals surface area contributed by atoms with Gasteiger partial charge in [-0.15, -0.1) is 0 Å². The van der Waals surface area contributed by atoms with Crippen molar-refractivity contribution in [3.05, 3.63) is 24.3 Å². The molecule has 0 saturated carbocycles. The molecule has 1 aromatic rings. The Morgan fingerprint density at radius 3 is 2.50 bits per heavy atom. The number of nitrogens with one attached hydrogen (secondary N) is 1. The van der Waals surface area contributed by atoms with E-state index >= 15 is 0 Å². The quantitative estimate of drug-likeness (QED) is 0.906. The summed E-state index contributed by atoms with van der Waals surface area (Å²) in [6.45, 7) is 0.727. The van der Waals surface area contributed by atoms with Gasteiger partial charge >= 0.3 is 0 Å². The number of amides is 2. The Hall–Kier alpha value is -1.89. The average Bonchev–Trinajstić information content (AvgIpc) is 3.05. The molecule has 118 valence electrons. The van der Waals surface area contributed by atoms with Crippen LogP contribution in [0.2, 0.25) is 0 Å². The SMILES string of the molecule is O=C(Nc1ccc(N2CCCC2=O)cc1)[C@@H]1CCS(=O)(=O)C1. The molecule has 0 unspecified atom stereocenters. The van der Waals surface area contributed by atoms with E-state index < -0.39 is 15.8 Å². The smallest absolute Gasteiger partial charge is 0.228 e. The van der Waals surface area contributed by atoms with Gasteiger partial charge in [-0.05, 0) is 37.1 Å². The molecule has 0 aliphatic carbocycles. The van der Waals surface area contributed by atoms with Crippen LogP contribution < -0.4 is 10.2 Å². The number of anilines is 2. The molecule has 2 heterocycles. The summed E-state index contributed by atoms with van der Waals surface area (Å²) in [5.41, 5.74) is 1.44. The molecule has 1 atom stereocenters. The summed E-state index contributed by atoms with van der Waals surface area (Å²) >= 11 is 0. The van der Waals surface area contributed by atoms with Crippen molar-refractivity contribution in [1.82, 2.24) is 0 Å². The van der Waals surface area contributed by atoms with Crippen LogP contribution in [0, 0.1) is 5.92 Å². The number of rotatable bonds is 3. The maximum absolute atomic E-state index is 12.1. The molecule has 0 aromatic heterocycles. The van der Waals surface area contributed by atoms with E-state index in [1.165, 1.54) is 0 Å². The first-order valence-corrected chi connectivity index (χ1v) is 9.18. The highest BCUT2D eigenvalue weighted by Gasteiger charge is 2.33. The van der Waals surface area contributed by atoms with Gasteiger partial charge in [0.1, 0.15) is 0 Å². The second-order valence-corrected chi connectivity index (χ2v) is 8.01. The first-order chi connectivity index (χ1) is 10.4. The highest BCUT2D eigenvalue weighted by Crippen LogP contribution is 2.24. The van der Waals surface area contributed by atoms with Crippen LogP contribution in [0.4, 0.5) is 11.4 Å². The molecule has 7 heteroatoms. The third kappa shape index (κ3) is 3.14. The van der Waals surface area contributed by atoms with Crippen LogP contribution in [0.3, 0.4) is 0 Å². The number of hydrogen-bond donors (Lipinski definition) is 1. The third-order valence-electron chi connectivity index (χ3n) is 4.12. The minimum absolute atomic E-state index is 0.0702. The second kappa shape index (κ2) is 5.72. The lowest BCUT2D eigenvalue weighted by molar-refractivity contribution is -0.119. The maximum atomic E-state index is 12.1. The van der Waals surface area contributed by atoms with E-state index in [9.17, 15) is 18.0 Å². The van der Waals surface area contributed by atoms with E-state index in [0.29, 0.717) is 18.5 Å².